The molecule has 0 fully saturated rings. The van der Waals surface area contributed by atoms with Gasteiger partial charge in [-0.3, -0.25) is 0 Å². The molecule has 0 bridgehead atoms. The molecule has 0 saturated carbocycles. The Morgan fingerprint density at radius 2 is 1.90 bits per heavy atom. The molecule has 1 nitrogen and oxygen atoms in total. The maximum atomic E-state index is 13.4. The second kappa shape index (κ2) is 7.03. The molecule has 0 aromatic heterocycles. The summed E-state index contributed by atoms with van der Waals surface area (Å²) in [5.41, 5.74) is 1.90. The van der Waals surface area contributed by atoms with Crippen LogP contribution in [0.5, 0.6) is 0 Å². The van der Waals surface area contributed by atoms with Crippen molar-refractivity contribution < 1.29 is 4.39 Å². The minimum absolute atomic E-state index is 0.0219. The van der Waals surface area contributed by atoms with E-state index in [9.17, 15) is 4.39 Å². The van der Waals surface area contributed by atoms with Gasteiger partial charge in [-0.1, -0.05) is 43.5 Å². The highest BCUT2D eigenvalue weighted by Crippen LogP contribution is 2.29. The van der Waals surface area contributed by atoms with E-state index in [4.69, 9.17) is 11.6 Å². The molecule has 1 unspecified atom stereocenters. The third-order valence-corrected chi connectivity index (χ3v) is 4.34. The van der Waals surface area contributed by atoms with Gasteiger partial charge in [-0.2, -0.15) is 0 Å². The Labute approximate surface area is 139 Å². The van der Waals surface area contributed by atoms with Crippen molar-refractivity contribution in [2.24, 2.45) is 0 Å². The SMILES string of the molecule is CNC(Cc1cc(F)cc(Br)c1)c1cc(Br)ccc1Cl. The second-order valence-corrected chi connectivity index (χ2v) is 6.73. The molecular formula is C15H13Br2ClFN. The molecule has 5 heteroatoms. The third-order valence-electron chi connectivity index (χ3n) is 3.04. The molecule has 0 aliphatic rings. The minimum atomic E-state index is -0.246. The first-order chi connectivity index (χ1) is 9.49. The molecule has 1 N–H and O–H groups in total. The van der Waals surface area contributed by atoms with Crippen LogP contribution in [-0.2, 0) is 6.42 Å². The van der Waals surface area contributed by atoms with E-state index >= 15 is 0 Å². The smallest absolute Gasteiger partial charge is 0.124 e. The molecular weight excluding hydrogens is 408 g/mol. The Balaban J connectivity index is 2.31. The fourth-order valence-electron chi connectivity index (χ4n) is 2.11. The van der Waals surface area contributed by atoms with Gasteiger partial charge in [0.25, 0.3) is 0 Å². The van der Waals surface area contributed by atoms with Crippen molar-refractivity contribution in [3.8, 4) is 0 Å². The summed E-state index contributed by atoms with van der Waals surface area (Å²) < 4.78 is 15.2. The Kier molecular flexibility index (Phi) is 5.61. The molecule has 0 aliphatic carbocycles. The Morgan fingerprint density at radius 3 is 2.55 bits per heavy atom. The van der Waals surface area contributed by atoms with Gasteiger partial charge in [-0.05, 0) is 61.0 Å². The van der Waals surface area contributed by atoms with E-state index in [0.717, 1.165) is 20.1 Å². The van der Waals surface area contributed by atoms with Crippen LogP contribution in [0.15, 0.2) is 45.3 Å². The maximum absolute atomic E-state index is 13.4. The summed E-state index contributed by atoms with van der Waals surface area (Å²) in [6.45, 7) is 0. The molecule has 0 aliphatic heterocycles. The van der Waals surface area contributed by atoms with E-state index in [1.165, 1.54) is 6.07 Å². The van der Waals surface area contributed by atoms with Crippen molar-refractivity contribution in [3.05, 3.63) is 67.3 Å². The lowest BCUT2D eigenvalue weighted by molar-refractivity contribution is 0.583. The van der Waals surface area contributed by atoms with Gasteiger partial charge in [0.2, 0.25) is 0 Å². The topological polar surface area (TPSA) is 12.0 Å². The summed E-state index contributed by atoms with van der Waals surface area (Å²) in [5, 5.41) is 3.93. The van der Waals surface area contributed by atoms with Crippen LogP contribution in [0.1, 0.15) is 17.2 Å². The van der Waals surface area contributed by atoms with E-state index in [1.807, 2.05) is 31.3 Å². The van der Waals surface area contributed by atoms with Crippen LogP contribution < -0.4 is 5.32 Å². The molecule has 106 valence electrons. The number of hydrogen-bond donors (Lipinski definition) is 1. The summed E-state index contributed by atoms with van der Waals surface area (Å²) in [5.74, 6) is -0.246. The molecule has 0 radical (unpaired) electrons. The van der Waals surface area contributed by atoms with E-state index in [0.29, 0.717) is 11.4 Å². The van der Waals surface area contributed by atoms with Crippen molar-refractivity contribution in [2.75, 3.05) is 7.05 Å². The zero-order valence-electron chi connectivity index (χ0n) is 10.8. The van der Waals surface area contributed by atoms with E-state index in [-0.39, 0.29) is 11.9 Å². The van der Waals surface area contributed by atoms with Gasteiger partial charge in [-0.25, -0.2) is 4.39 Å². The molecule has 2 aromatic rings. The number of hydrogen-bond acceptors (Lipinski definition) is 1. The number of halogens is 4. The Morgan fingerprint density at radius 1 is 1.15 bits per heavy atom. The molecule has 0 amide bonds. The summed E-state index contributed by atoms with van der Waals surface area (Å²) in [6, 6.07) is 10.7. The highest BCUT2D eigenvalue weighted by atomic mass is 79.9. The van der Waals surface area contributed by atoms with Gasteiger partial charge < -0.3 is 5.32 Å². The van der Waals surface area contributed by atoms with E-state index < -0.39 is 0 Å². The number of likely N-dealkylation sites (N-methyl/N-ethyl adjacent to an activating group) is 1. The number of rotatable bonds is 4. The second-order valence-electron chi connectivity index (χ2n) is 4.49. The molecule has 0 saturated heterocycles. The highest BCUT2D eigenvalue weighted by Gasteiger charge is 2.15. The predicted molar refractivity (Wildman–Crippen MR) is 88.8 cm³/mol. The normalized spacial score (nSPS) is 12.4. The van der Waals surface area contributed by atoms with Crippen molar-refractivity contribution >= 4 is 43.5 Å². The van der Waals surface area contributed by atoms with E-state index in [2.05, 4.69) is 37.2 Å². The summed E-state index contributed by atoms with van der Waals surface area (Å²) >= 11 is 13.0. The van der Waals surface area contributed by atoms with Crippen molar-refractivity contribution in [1.29, 1.82) is 0 Å². The Bertz CT molecular complexity index is 599. The van der Waals surface area contributed by atoms with Crippen LogP contribution in [0.4, 0.5) is 4.39 Å². The van der Waals surface area contributed by atoms with Crippen LogP contribution in [0.2, 0.25) is 5.02 Å². The number of benzene rings is 2. The van der Waals surface area contributed by atoms with E-state index in [1.54, 1.807) is 6.07 Å². The molecule has 1 atom stereocenters. The summed E-state index contributed by atoms with van der Waals surface area (Å²) in [7, 11) is 1.87. The average molecular weight is 422 g/mol. The molecule has 2 rings (SSSR count). The maximum Gasteiger partial charge on any atom is 0.124 e. The average Bonchev–Trinajstić information content (AvgIpc) is 2.38. The molecule has 20 heavy (non-hydrogen) atoms. The van der Waals surface area contributed by atoms with Crippen LogP contribution in [0.3, 0.4) is 0 Å². The quantitative estimate of drug-likeness (QED) is 0.687. The standard InChI is InChI=1S/C15H13Br2ClFN/c1-20-15(13-8-10(16)2-3-14(13)18)6-9-4-11(17)7-12(19)5-9/h2-5,7-8,15,20H,6H2,1H3. The lowest BCUT2D eigenvalue weighted by Gasteiger charge is -2.19. The highest BCUT2D eigenvalue weighted by molar-refractivity contribution is 9.10. The predicted octanol–water partition coefficient (Wildman–Crippen LogP) is 5.51. The Hall–Kier alpha value is -0.420. The van der Waals surface area contributed by atoms with Gasteiger partial charge in [0.1, 0.15) is 5.82 Å². The fourth-order valence-corrected chi connectivity index (χ4v) is 3.25. The van der Waals surface area contributed by atoms with Gasteiger partial charge in [0.05, 0.1) is 0 Å². The van der Waals surface area contributed by atoms with Crippen molar-refractivity contribution in [1.82, 2.24) is 5.32 Å². The van der Waals surface area contributed by atoms with Gasteiger partial charge in [0.15, 0.2) is 0 Å². The lowest BCUT2D eigenvalue weighted by Crippen LogP contribution is -2.19. The largest absolute Gasteiger partial charge is 0.313 e. The first-order valence-electron chi connectivity index (χ1n) is 6.07. The monoisotopic (exact) mass is 419 g/mol. The molecule has 0 heterocycles. The summed E-state index contributed by atoms with van der Waals surface area (Å²) in [4.78, 5) is 0. The van der Waals surface area contributed by atoms with Gasteiger partial charge >= 0.3 is 0 Å². The van der Waals surface area contributed by atoms with Gasteiger partial charge in [0, 0.05) is 20.0 Å². The zero-order chi connectivity index (χ0) is 14.7. The molecule has 2 aromatic carbocycles. The minimum Gasteiger partial charge on any atom is -0.313 e. The number of nitrogens with one attached hydrogen (secondary N) is 1. The molecule has 0 spiro atoms. The zero-order valence-corrected chi connectivity index (χ0v) is 14.7. The fraction of sp³-hybridized carbons (Fsp3) is 0.200. The van der Waals surface area contributed by atoms with Crippen LogP contribution in [0, 0.1) is 5.82 Å². The first-order valence-corrected chi connectivity index (χ1v) is 8.03. The van der Waals surface area contributed by atoms with Crippen LogP contribution in [-0.4, -0.2) is 7.05 Å². The lowest BCUT2D eigenvalue weighted by atomic mass is 9.99. The summed E-state index contributed by atoms with van der Waals surface area (Å²) in [6.07, 6.45) is 0.656. The third kappa shape index (κ3) is 4.04. The van der Waals surface area contributed by atoms with Gasteiger partial charge in [-0.15, -0.1) is 0 Å². The van der Waals surface area contributed by atoms with Crippen LogP contribution >= 0.6 is 43.5 Å². The van der Waals surface area contributed by atoms with Crippen molar-refractivity contribution in [3.63, 3.8) is 0 Å². The van der Waals surface area contributed by atoms with Crippen LogP contribution in [0.25, 0.3) is 0 Å². The van der Waals surface area contributed by atoms with Crippen molar-refractivity contribution in [2.45, 2.75) is 12.5 Å². The first kappa shape index (κ1) is 16.0.